The van der Waals surface area contributed by atoms with E-state index >= 15 is 0 Å². The highest BCUT2D eigenvalue weighted by atomic mass is 35.5. The van der Waals surface area contributed by atoms with Gasteiger partial charge in [-0.05, 0) is 42.3 Å². The van der Waals surface area contributed by atoms with Crippen LogP contribution in [0.1, 0.15) is 23.4 Å². The van der Waals surface area contributed by atoms with Gasteiger partial charge in [-0.1, -0.05) is 29.8 Å². The second kappa shape index (κ2) is 5.58. The van der Waals surface area contributed by atoms with Crippen molar-refractivity contribution in [2.45, 2.75) is 18.8 Å². The van der Waals surface area contributed by atoms with E-state index in [1.54, 1.807) is 16.7 Å². The van der Waals surface area contributed by atoms with Crippen LogP contribution < -0.4 is 5.76 Å². The van der Waals surface area contributed by atoms with Crippen LogP contribution in [0.4, 0.5) is 0 Å². The van der Waals surface area contributed by atoms with Gasteiger partial charge in [0.25, 0.3) is 0 Å². The minimum absolute atomic E-state index is 0.318. The zero-order valence-electron chi connectivity index (χ0n) is 11.3. The minimum atomic E-state index is -0.345. The smallest absolute Gasteiger partial charge is 0.408 e. The highest BCUT2D eigenvalue weighted by Crippen LogP contribution is 2.31. The lowest BCUT2D eigenvalue weighted by Gasteiger charge is -2.10. The molecule has 0 saturated carbocycles. The van der Waals surface area contributed by atoms with E-state index in [2.05, 4.69) is 0 Å². The first-order chi connectivity index (χ1) is 10.1. The highest BCUT2D eigenvalue weighted by Gasteiger charge is 2.14. The van der Waals surface area contributed by atoms with Crippen molar-refractivity contribution in [2.75, 3.05) is 0 Å². The summed E-state index contributed by atoms with van der Waals surface area (Å²) in [5.74, 6) is -0.345. The maximum absolute atomic E-state index is 11.7. The van der Waals surface area contributed by atoms with Gasteiger partial charge in [0.05, 0.1) is 10.9 Å². The quantitative estimate of drug-likeness (QED) is 0.661. The van der Waals surface area contributed by atoms with Gasteiger partial charge < -0.3 is 4.42 Å². The molecule has 108 valence electrons. The monoisotopic (exact) mass is 321 g/mol. The number of halogens is 2. The summed E-state index contributed by atoms with van der Waals surface area (Å²) in [6.45, 7) is 2.48. The summed E-state index contributed by atoms with van der Waals surface area (Å²) >= 11 is 12.4. The molecular weight excluding hydrogens is 309 g/mol. The van der Waals surface area contributed by atoms with Crippen molar-refractivity contribution in [3.63, 3.8) is 0 Å². The van der Waals surface area contributed by atoms with E-state index < -0.39 is 0 Å². The Morgan fingerprint density at radius 2 is 1.81 bits per heavy atom. The third-order valence-electron chi connectivity index (χ3n) is 3.46. The Balaban J connectivity index is 2.04. The van der Waals surface area contributed by atoms with Crippen molar-refractivity contribution >= 4 is 34.3 Å². The van der Waals surface area contributed by atoms with Gasteiger partial charge in [0.1, 0.15) is 0 Å². The number of nitrogens with zero attached hydrogens (tertiary/aromatic N) is 1. The summed E-state index contributed by atoms with van der Waals surface area (Å²) in [7, 11) is 0. The minimum Gasteiger partial charge on any atom is -0.408 e. The number of rotatable bonds is 3. The lowest BCUT2D eigenvalue weighted by Crippen LogP contribution is -2.11. The Bertz CT molecular complexity index is 834. The lowest BCUT2D eigenvalue weighted by atomic mass is 10.0. The lowest BCUT2D eigenvalue weighted by molar-refractivity contribution is 0.513. The average molecular weight is 322 g/mol. The third kappa shape index (κ3) is 2.59. The van der Waals surface area contributed by atoms with Crippen molar-refractivity contribution in [1.82, 2.24) is 4.57 Å². The van der Waals surface area contributed by atoms with Crippen molar-refractivity contribution in [3.05, 3.63) is 69.2 Å². The molecule has 1 heterocycles. The van der Waals surface area contributed by atoms with Crippen LogP contribution in [0.3, 0.4) is 0 Å². The maximum atomic E-state index is 11.7. The number of alkyl halides is 1. The van der Waals surface area contributed by atoms with Gasteiger partial charge in [-0.2, -0.15) is 0 Å². The Morgan fingerprint density at radius 3 is 2.48 bits per heavy atom. The SMILES string of the molecule is CCn1c(=O)oc2cc(C(Cl)c3ccc(Cl)cc3)ccc21. The van der Waals surface area contributed by atoms with Crippen LogP contribution in [0.5, 0.6) is 0 Å². The Kier molecular flexibility index (Phi) is 3.79. The topological polar surface area (TPSA) is 35.1 Å². The number of fused-ring (bicyclic) bond motifs is 1. The predicted molar refractivity (Wildman–Crippen MR) is 85.3 cm³/mol. The van der Waals surface area contributed by atoms with E-state index in [4.69, 9.17) is 27.6 Å². The van der Waals surface area contributed by atoms with Crippen LogP contribution in [0.25, 0.3) is 11.1 Å². The normalized spacial score (nSPS) is 12.7. The Morgan fingerprint density at radius 1 is 1.14 bits per heavy atom. The molecule has 0 aliphatic heterocycles. The Hall–Kier alpha value is -1.71. The van der Waals surface area contributed by atoms with Gasteiger partial charge >= 0.3 is 5.76 Å². The van der Waals surface area contributed by atoms with Gasteiger partial charge in [0.15, 0.2) is 5.58 Å². The van der Waals surface area contributed by atoms with Crippen LogP contribution in [0.2, 0.25) is 5.02 Å². The molecule has 0 spiro atoms. The standard InChI is InChI=1S/C16H13Cl2NO2/c1-2-19-13-8-5-11(9-14(13)21-16(19)20)15(18)10-3-6-12(17)7-4-10/h3-9,15H,2H2,1H3. The zero-order chi connectivity index (χ0) is 15.0. The van der Waals surface area contributed by atoms with E-state index in [-0.39, 0.29) is 11.1 Å². The molecule has 3 nitrogen and oxygen atoms in total. The number of aromatic nitrogens is 1. The number of hydrogen-bond acceptors (Lipinski definition) is 2. The van der Waals surface area contributed by atoms with E-state index in [0.717, 1.165) is 16.6 Å². The van der Waals surface area contributed by atoms with E-state index in [9.17, 15) is 4.79 Å². The molecule has 0 aliphatic carbocycles. The van der Waals surface area contributed by atoms with Crippen LogP contribution in [-0.2, 0) is 6.54 Å². The highest BCUT2D eigenvalue weighted by molar-refractivity contribution is 6.30. The van der Waals surface area contributed by atoms with E-state index in [0.29, 0.717) is 17.2 Å². The second-order valence-corrected chi connectivity index (χ2v) is 5.63. The van der Waals surface area contributed by atoms with Crippen LogP contribution in [0.15, 0.2) is 51.7 Å². The Labute approximate surface area is 131 Å². The first-order valence-electron chi connectivity index (χ1n) is 6.63. The van der Waals surface area contributed by atoms with Gasteiger partial charge in [-0.25, -0.2) is 4.79 Å². The molecule has 21 heavy (non-hydrogen) atoms. The number of aryl methyl sites for hydroxylation is 1. The summed E-state index contributed by atoms with van der Waals surface area (Å²) in [4.78, 5) is 11.7. The molecule has 2 aromatic carbocycles. The number of oxazole rings is 1. The zero-order valence-corrected chi connectivity index (χ0v) is 12.9. The molecule has 1 unspecified atom stereocenters. The predicted octanol–water partition coefficient (Wildman–Crippen LogP) is 4.60. The summed E-state index contributed by atoms with van der Waals surface area (Å²) < 4.78 is 6.85. The van der Waals surface area contributed by atoms with Crippen LogP contribution >= 0.6 is 23.2 Å². The molecule has 0 amide bonds. The van der Waals surface area contributed by atoms with Crippen molar-refractivity contribution in [3.8, 4) is 0 Å². The summed E-state index contributed by atoms with van der Waals surface area (Å²) in [6.07, 6.45) is 0. The molecule has 0 bridgehead atoms. The molecule has 1 atom stereocenters. The molecular formula is C16H13Cl2NO2. The molecule has 0 aliphatic rings. The van der Waals surface area contributed by atoms with E-state index in [1.165, 1.54) is 0 Å². The van der Waals surface area contributed by atoms with E-state index in [1.807, 2.05) is 37.3 Å². The fourth-order valence-corrected chi connectivity index (χ4v) is 2.77. The van der Waals surface area contributed by atoms with Crippen molar-refractivity contribution in [1.29, 1.82) is 0 Å². The number of hydrogen-bond donors (Lipinski definition) is 0. The fourth-order valence-electron chi connectivity index (χ4n) is 2.36. The summed E-state index contributed by atoms with van der Waals surface area (Å²) in [5, 5.41) is 0.353. The largest absolute Gasteiger partial charge is 0.419 e. The van der Waals surface area contributed by atoms with Crippen molar-refractivity contribution < 1.29 is 4.42 Å². The summed E-state index contributed by atoms with van der Waals surface area (Å²) in [5.41, 5.74) is 3.16. The molecule has 0 N–H and O–H groups in total. The van der Waals surface area contributed by atoms with Gasteiger partial charge in [0.2, 0.25) is 0 Å². The first kappa shape index (κ1) is 14.2. The molecule has 0 fully saturated rings. The third-order valence-corrected chi connectivity index (χ3v) is 4.22. The molecule has 1 aromatic heterocycles. The fraction of sp³-hybridized carbons (Fsp3) is 0.188. The molecule has 3 rings (SSSR count). The molecule has 3 aromatic rings. The second-order valence-electron chi connectivity index (χ2n) is 4.75. The summed E-state index contributed by atoms with van der Waals surface area (Å²) in [6, 6.07) is 13.0. The first-order valence-corrected chi connectivity index (χ1v) is 7.44. The number of benzene rings is 2. The molecule has 0 saturated heterocycles. The molecule has 0 radical (unpaired) electrons. The van der Waals surface area contributed by atoms with Crippen LogP contribution in [0, 0.1) is 0 Å². The maximum Gasteiger partial charge on any atom is 0.419 e. The average Bonchev–Trinajstić information content (AvgIpc) is 2.81. The molecule has 5 heteroatoms. The van der Waals surface area contributed by atoms with Crippen molar-refractivity contribution in [2.24, 2.45) is 0 Å². The van der Waals surface area contributed by atoms with Gasteiger partial charge in [-0.15, -0.1) is 11.6 Å². The van der Waals surface area contributed by atoms with Gasteiger partial charge in [0, 0.05) is 11.6 Å². The van der Waals surface area contributed by atoms with Crippen LogP contribution in [-0.4, -0.2) is 4.57 Å². The van der Waals surface area contributed by atoms with Gasteiger partial charge in [-0.3, -0.25) is 4.57 Å².